The molecule has 0 aliphatic carbocycles. The number of ether oxygens (including phenoxy) is 1. The van der Waals surface area contributed by atoms with Crippen molar-refractivity contribution in [3.8, 4) is 5.75 Å². The lowest BCUT2D eigenvalue weighted by molar-refractivity contribution is -0.113. The van der Waals surface area contributed by atoms with Crippen molar-refractivity contribution in [3.05, 3.63) is 47.2 Å². The van der Waals surface area contributed by atoms with E-state index in [1.807, 2.05) is 31.2 Å². The predicted molar refractivity (Wildman–Crippen MR) is 93.4 cm³/mol. The largest absolute Gasteiger partial charge is 0.486 e. The van der Waals surface area contributed by atoms with Crippen LogP contribution in [0, 0.1) is 6.92 Å². The molecule has 0 bridgehead atoms. The minimum atomic E-state index is -0.141. The molecule has 0 radical (unpaired) electrons. The van der Waals surface area contributed by atoms with Crippen molar-refractivity contribution in [1.29, 1.82) is 0 Å². The zero-order chi connectivity index (χ0) is 16.8. The van der Waals surface area contributed by atoms with Gasteiger partial charge < -0.3 is 10.1 Å². The average molecular weight is 361 g/mol. The van der Waals surface area contributed by atoms with Crippen LogP contribution in [0.4, 0.5) is 5.13 Å². The first kappa shape index (κ1) is 16.5. The Hall–Kier alpha value is -2.39. The number of hydrogen-bond donors (Lipinski definition) is 2. The topological polar surface area (TPSA) is 92.8 Å². The highest BCUT2D eigenvalue weighted by atomic mass is 32.2. The van der Waals surface area contributed by atoms with Crippen LogP contribution < -0.4 is 10.1 Å². The molecule has 1 aromatic carbocycles. The van der Waals surface area contributed by atoms with Gasteiger partial charge in [0.25, 0.3) is 0 Å². The fourth-order valence-electron chi connectivity index (χ4n) is 1.76. The maximum Gasteiger partial charge on any atom is 0.236 e. The van der Waals surface area contributed by atoms with E-state index in [9.17, 15) is 4.79 Å². The van der Waals surface area contributed by atoms with Gasteiger partial charge in [-0.15, -0.1) is 16.4 Å². The van der Waals surface area contributed by atoms with Crippen molar-refractivity contribution in [2.24, 2.45) is 0 Å². The maximum atomic E-state index is 11.8. The van der Waals surface area contributed by atoms with Gasteiger partial charge in [0.15, 0.2) is 11.0 Å². The summed E-state index contributed by atoms with van der Waals surface area (Å²) >= 11 is 2.63. The van der Waals surface area contributed by atoms with E-state index in [1.54, 1.807) is 11.6 Å². The molecule has 2 N–H and O–H groups in total. The van der Waals surface area contributed by atoms with Crippen molar-refractivity contribution >= 4 is 34.1 Å². The van der Waals surface area contributed by atoms with Gasteiger partial charge in [-0.3, -0.25) is 9.89 Å². The molecular formula is C15H15N5O2S2. The molecule has 7 nitrogen and oxygen atoms in total. The fraction of sp³-hybridized carbons (Fsp3) is 0.200. The van der Waals surface area contributed by atoms with Gasteiger partial charge in [0.05, 0.1) is 5.75 Å². The minimum Gasteiger partial charge on any atom is -0.486 e. The molecule has 0 spiro atoms. The molecule has 9 heteroatoms. The highest BCUT2D eigenvalue weighted by Crippen LogP contribution is 2.16. The van der Waals surface area contributed by atoms with Crippen molar-refractivity contribution in [2.45, 2.75) is 18.7 Å². The zero-order valence-corrected chi connectivity index (χ0v) is 14.5. The lowest BCUT2D eigenvalue weighted by Crippen LogP contribution is -2.13. The average Bonchev–Trinajstić information content (AvgIpc) is 3.24. The molecule has 2 heterocycles. The number of hydrogen-bond acceptors (Lipinski definition) is 7. The monoisotopic (exact) mass is 361 g/mol. The Kier molecular flexibility index (Phi) is 5.44. The molecule has 2 aromatic heterocycles. The zero-order valence-electron chi connectivity index (χ0n) is 12.9. The number of carbonyl (C=O) groups is 1. The number of nitrogens with one attached hydrogen (secondary N) is 2. The van der Waals surface area contributed by atoms with Gasteiger partial charge in [-0.2, -0.15) is 0 Å². The summed E-state index contributed by atoms with van der Waals surface area (Å²) in [4.78, 5) is 20.1. The second-order valence-corrected chi connectivity index (χ2v) is 6.68. The first-order valence-corrected chi connectivity index (χ1v) is 8.98. The summed E-state index contributed by atoms with van der Waals surface area (Å²) in [6, 6.07) is 7.78. The van der Waals surface area contributed by atoms with Crippen LogP contribution in [0.3, 0.4) is 0 Å². The molecule has 0 unspecified atom stereocenters. The molecule has 0 atom stereocenters. The van der Waals surface area contributed by atoms with E-state index < -0.39 is 0 Å². The molecule has 3 rings (SSSR count). The normalized spacial score (nSPS) is 10.5. The third-order valence-electron chi connectivity index (χ3n) is 2.92. The number of carbonyl (C=O) groups excluding carboxylic acids is 1. The fourth-order valence-corrected chi connectivity index (χ4v) is 2.93. The smallest absolute Gasteiger partial charge is 0.236 e. The van der Waals surface area contributed by atoms with Crippen LogP contribution in [-0.2, 0) is 11.4 Å². The quantitative estimate of drug-likeness (QED) is 0.629. The number of amides is 1. The molecule has 3 aromatic rings. The summed E-state index contributed by atoms with van der Waals surface area (Å²) in [7, 11) is 0. The van der Waals surface area contributed by atoms with E-state index in [-0.39, 0.29) is 11.7 Å². The number of H-pyrrole nitrogens is 1. The van der Waals surface area contributed by atoms with Gasteiger partial charge >= 0.3 is 0 Å². The van der Waals surface area contributed by atoms with Crippen LogP contribution in [-0.4, -0.2) is 31.8 Å². The standard InChI is InChI=1S/C15H15N5O2S2/c1-10-2-4-11(5-3-10)22-8-12-17-15(20-19-12)24-9-13(21)18-14-16-6-7-23-14/h2-7H,8-9H2,1H3,(H,16,18,21)(H,17,19,20). The van der Waals surface area contributed by atoms with Crippen LogP contribution in [0.5, 0.6) is 5.75 Å². The second kappa shape index (κ2) is 7.93. The van der Waals surface area contributed by atoms with Crippen LogP contribution in [0.15, 0.2) is 41.0 Å². The Balaban J connectivity index is 1.45. The van der Waals surface area contributed by atoms with E-state index in [4.69, 9.17) is 4.74 Å². The first-order valence-electron chi connectivity index (χ1n) is 7.12. The molecule has 1 amide bonds. The van der Waals surface area contributed by atoms with Gasteiger partial charge in [0.1, 0.15) is 12.4 Å². The maximum absolute atomic E-state index is 11.8. The number of aromatic amines is 1. The van der Waals surface area contributed by atoms with Crippen molar-refractivity contribution < 1.29 is 9.53 Å². The van der Waals surface area contributed by atoms with Gasteiger partial charge in [-0.05, 0) is 19.1 Å². The summed E-state index contributed by atoms with van der Waals surface area (Å²) in [5, 5.41) is 12.5. The number of aromatic nitrogens is 4. The Labute approximate surface area is 146 Å². The number of nitrogens with zero attached hydrogens (tertiary/aromatic N) is 3. The molecular weight excluding hydrogens is 346 g/mol. The third kappa shape index (κ3) is 4.80. The molecule has 0 aliphatic rings. The van der Waals surface area contributed by atoms with Crippen molar-refractivity contribution in [2.75, 3.05) is 11.1 Å². The highest BCUT2D eigenvalue weighted by Gasteiger charge is 2.09. The van der Waals surface area contributed by atoms with E-state index >= 15 is 0 Å². The van der Waals surface area contributed by atoms with E-state index in [0.717, 1.165) is 5.75 Å². The summed E-state index contributed by atoms with van der Waals surface area (Å²) in [5.41, 5.74) is 1.18. The Morgan fingerprint density at radius 2 is 2.21 bits per heavy atom. The lowest BCUT2D eigenvalue weighted by atomic mass is 10.2. The van der Waals surface area contributed by atoms with E-state index in [2.05, 4.69) is 25.5 Å². The molecule has 0 fully saturated rings. The summed E-state index contributed by atoms with van der Waals surface area (Å²) in [6.07, 6.45) is 1.64. The molecule has 0 aliphatic heterocycles. The third-order valence-corrected chi connectivity index (χ3v) is 4.45. The number of thiazole rings is 1. The van der Waals surface area contributed by atoms with Crippen LogP contribution >= 0.6 is 23.1 Å². The molecule has 124 valence electrons. The molecule has 0 saturated heterocycles. The highest BCUT2D eigenvalue weighted by molar-refractivity contribution is 7.99. The lowest BCUT2D eigenvalue weighted by Gasteiger charge is -2.03. The predicted octanol–water partition coefficient (Wildman–Crippen LogP) is 2.88. The first-order chi connectivity index (χ1) is 11.7. The van der Waals surface area contributed by atoms with Gasteiger partial charge in [0.2, 0.25) is 11.1 Å². The van der Waals surface area contributed by atoms with Gasteiger partial charge in [-0.25, -0.2) is 9.97 Å². The van der Waals surface area contributed by atoms with E-state index in [1.165, 1.54) is 28.7 Å². The summed E-state index contributed by atoms with van der Waals surface area (Å²) in [5.74, 6) is 1.46. The van der Waals surface area contributed by atoms with Crippen molar-refractivity contribution in [1.82, 2.24) is 20.2 Å². The van der Waals surface area contributed by atoms with Crippen LogP contribution in [0.25, 0.3) is 0 Å². The number of rotatable bonds is 7. The van der Waals surface area contributed by atoms with E-state index in [0.29, 0.717) is 22.7 Å². The van der Waals surface area contributed by atoms with Crippen LogP contribution in [0.1, 0.15) is 11.4 Å². The summed E-state index contributed by atoms with van der Waals surface area (Å²) < 4.78 is 5.63. The second-order valence-electron chi connectivity index (χ2n) is 4.84. The van der Waals surface area contributed by atoms with Crippen molar-refractivity contribution in [3.63, 3.8) is 0 Å². The minimum absolute atomic E-state index is 0.141. The number of aryl methyl sites for hydroxylation is 1. The Morgan fingerprint density at radius 3 is 2.96 bits per heavy atom. The van der Waals surface area contributed by atoms with Gasteiger partial charge in [-0.1, -0.05) is 29.5 Å². The number of thioether (sulfide) groups is 1. The van der Waals surface area contributed by atoms with Crippen LogP contribution in [0.2, 0.25) is 0 Å². The Morgan fingerprint density at radius 1 is 1.38 bits per heavy atom. The van der Waals surface area contributed by atoms with Gasteiger partial charge in [0, 0.05) is 11.6 Å². The Bertz CT molecular complexity index is 787. The SMILES string of the molecule is Cc1ccc(OCc2nc(SCC(=O)Nc3nccs3)n[nH]2)cc1. The number of benzene rings is 1. The molecule has 0 saturated carbocycles. The number of anilines is 1. The summed E-state index contributed by atoms with van der Waals surface area (Å²) in [6.45, 7) is 2.32. The molecule has 24 heavy (non-hydrogen) atoms.